The summed E-state index contributed by atoms with van der Waals surface area (Å²) in [4.78, 5) is 11.5. The third kappa shape index (κ3) is 4.82. The van der Waals surface area contributed by atoms with E-state index in [9.17, 15) is 9.90 Å². The van der Waals surface area contributed by atoms with Gasteiger partial charge < -0.3 is 15.2 Å². The SMILES string of the molecule is O=C(NCC=Cc1c(O)cccc1Cl)OCc1ccccc1. The maximum Gasteiger partial charge on any atom is 0.407 e. The molecular formula is C17H16ClNO3. The lowest BCUT2D eigenvalue weighted by Crippen LogP contribution is -2.24. The number of amides is 1. The lowest BCUT2D eigenvalue weighted by Gasteiger charge is -2.05. The second-order valence-corrected chi connectivity index (χ2v) is 4.92. The van der Waals surface area contributed by atoms with Crippen molar-refractivity contribution < 1.29 is 14.6 Å². The van der Waals surface area contributed by atoms with E-state index < -0.39 is 6.09 Å². The number of carbonyl (C=O) groups is 1. The number of hydrogen-bond acceptors (Lipinski definition) is 3. The van der Waals surface area contributed by atoms with Crippen molar-refractivity contribution >= 4 is 23.8 Å². The minimum absolute atomic E-state index is 0.0930. The molecule has 0 spiro atoms. The molecular weight excluding hydrogens is 302 g/mol. The van der Waals surface area contributed by atoms with Crippen LogP contribution in [0.3, 0.4) is 0 Å². The predicted molar refractivity (Wildman–Crippen MR) is 86.8 cm³/mol. The maximum atomic E-state index is 11.5. The zero-order chi connectivity index (χ0) is 15.8. The van der Waals surface area contributed by atoms with Crippen LogP contribution in [0.2, 0.25) is 5.02 Å². The van der Waals surface area contributed by atoms with Gasteiger partial charge in [0.15, 0.2) is 0 Å². The number of aromatic hydroxyl groups is 1. The zero-order valence-electron chi connectivity index (χ0n) is 11.8. The van der Waals surface area contributed by atoms with E-state index in [1.165, 1.54) is 0 Å². The minimum atomic E-state index is -0.503. The fourth-order valence-electron chi connectivity index (χ4n) is 1.78. The van der Waals surface area contributed by atoms with Crippen LogP contribution in [0.25, 0.3) is 6.08 Å². The second-order valence-electron chi connectivity index (χ2n) is 4.52. The normalized spacial score (nSPS) is 10.6. The van der Waals surface area contributed by atoms with Crippen molar-refractivity contribution in [2.75, 3.05) is 6.54 Å². The van der Waals surface area contributed by atoms with Gasteiger partial charge in [0.25, 0.3) is 0 Å². The molecule has 0 bridgehead atoms. The van der Waals surface area contributed by atoms with E-state index >= 15 is 0 Å². The molecule has 0 heterocycles. The number of phenols is 1. The highest BCUT2D eigenvalue weighted by Crippen LogP contribution is 2.26. The van der Waals surface area contributed by atoms with Gasteiger partial charge in [-0.3, -0.25) is 0 Å². The van der Waals surface area contributed by atoms with Crippen LogP contribution in [0.5, 0.6) is 5.75 Å². The third-order valence-electron chi connectivity index (χ3n) is 2.89. The molecule has 0 unspecified atom stereocenters. The second kappa shape index (κ2) is 8.10. The highest BCUT2D eigenvalue weighted by molar-refractivity contribution is 6.32. The molecule has 0 aliphatic heterocycles. The van der Waals surface area contributed by atoms with Gasteiger partial charge in [0.05, 0.1) is 5.02 Å². The molecule has 5 heteroatoms. The summed E-state index contributed by atoms with van der Waals surface area (Å²) in [6, 6.07) is 14.3. The van der Waals surface area contributed by atoms with Crippen molar-refractivity contribution in [3.8, 4) is 5.75 Å². The van der Waals surface area contributed by atoms with Gasteiger partial charge in [0.1, 0.15) is 12.4 Å². The van der Waals surface area contributed by atoms with E-state index in [4.69, 9.17) is 16.3 Å². The molecule has 114 valence electrons. The van der Waals surface area contributed by atoms with Crippen LogP contribution >= 0.6 is 11.6 Å². The van der Waals surface area contributed by atoms with Crippen molar-refractivity contribution in [3.63, 3.8) is 0 Å². The molecule has 0 saturated carbocycles. The van der Waals surface area contributed by atoms with Gasteiger partial charge in [0.2, 0.25) is 0 Å². The van der Waals surface area contributed by atoms with E-state index in [1.54, 1.807) is 30.4 Å². The Morgan fingerprint density at radius 3 is 2.68 bits per heavy atom. The Kier molecular flexibility index (Phi) is 5.86. The molecule has 2 aromatic carbocycles. The molecule has 0 atom stereocenters. The van der Waals surface area contributed by atoms with Crippen LogP contribution in [0.15, 0.2) is 54.6 Å². The topological polar surface area (TPSA) is 58.6 Å². The maximum absolute atomic E-state index is 11.5. The first-order valence-electron chi connectivity index (χ1n) is 6.75. The van der Waals surface area contributed by atoms with E-state index in [1.807, 2.05) is 30.3 Å². The van der Waals surface area contributed by atoms with Crippen LogP contribution < -0.4 is 5.32 Å². The lowest BCUT2D eigenvalue weighted by atomic mass is 10.2. The number of hydrogen-bond donors (Lipinski definition) is 2. The summed E-state index contributed by atoms with van der Waals surface area (Å²) in [5, 5.41) is 12.7. The summed E-state index contributed by atoms with van der Waals surface area (Å²) >= 11 is 5.97. The molecule has 2 aromatic rings. The Bertz CT molecular complexity index is 636. The molecule has 22 heavy (non-hydrogen) atoms. The number of rotatable bonds is 5. The number of halogens is 1. The zero-order valence-corrected chi connectivity index (χ0v) is 12.6. The van der Waals surface area contributed by atoms with Gasteiger partial charge >= 0.3 is 6.09 Å². The molecule has 0 saturated heterocycles. The van der Waals surface area contributed by atoms with Gasteiger partial charge in [-0.2, -0.15) is 0 Å². The fourth-order valence-corrected chi connectivity index (χ4v) is 2.02. The van der Waals surface area contributed by atoms with E-state index in [-0.39, 0.29) is 18.9 Å². The number of alkyl carbamates (subject to hydrolysis) is 1. The molecule has 0 fully saturated rings. The third-order valence-corrected chi connectivity index (χ3v) is 3.22. The van der Waals surface area contributed by atoms with Crippen LogP contribution in [0, 0.1) is 0 Å². The Morgan fingerprint density at radius 2 is 1.95 bits per heavy atom. The Morgan fingerprint density at radius 1 is 1.18 bits per heavy atom. The first-order valence-corrected chi connectivity index (χ1v) is 7.13. The molecule has 0 radical (unpaired) electrons. The van der Waals surface area contributed by atoms with E-state index in [0.29, 0.717) is 10.6 Å². The summed E-state index contributed by atoms with van der Waals surface area (Å²) in [6.07, 6.45) is 2.83. The van der Waals surface area contributed by atoms with Crippen molar-refractivity contribution in [2.45, 2.75) is 6.61 Å². The largest absolute Gasteiger partial charge is 0.507 e. The highest BCUT2D eigenvalue weighted by Gasteiger charge is 2.02. The summed E-state index contributed by atoms with van der Waals surface area (Å²) in [7, 11) is 0. The predicted octanol–water partition coefficient (Wildman–Crippen LogP) is 3.99. The minimum Gasteiger partial charge on any atom is -0.507 e. The van der Waals surface area contributed by atoms with Crippen LogP contribution in [-0.2, 0) is 11.3 Å². The van der Waals surface area contributed by atoms with Gasteiger partial charge in [0, 0.05) is 12.1 Å². The smallest absolute Gasteiger partial charge is 0.407 e. The summed E-state index contributed by atoms with van der Waals surface area (Å²) in [5.41, 5.74) is 1.44. The molecule has 2 rings (SSSR count). The van der Waals surface area contributed by atoms with Crippen LogP contribution in [-0.4, -0.2) is 17.7 Å². The molecule has 0 aromatic heterocycles. The summed E-state index contributed by atoms with van der Waals surface area (Å²) in [6.45, 7) is 0.500. The monoisotopic (exact) mass is 317 g/mol. The first-order chi connectivity index (χ1) is 10.7. The van der Waals surface area contributed by atoms with Crippen LogP contribution in [0.4, 0.5) is 4.79 Å². The summed E-state index contributed by atoms with van der Waals surface area (Å²) < 4.78 is 5.07. The number of carbonyl (C=O) groups excluding carboxylic acids is 1. The van der Waals surface area contributed by atoms with Crippen molar-refractivity contribution in [1.82, 2.24) is 5.32 Å². The van der Waals surface area contributed by atoms with Gasteiger partial charge in [-0.05, 0) is 17.7 Å². The Labute approximate surface area is 134 Å². The lowest BCUT2D eigenvalue weighted by molar-refractivity contribution is 0.141. The number of ether oxygens (including phenoxy) is 1. The number of phenolic OH excluding ortho intramolecular Hbond substituents is 1. The highest BCUT2D eigenvalue weighted by atomic mass is 35.5. The van der Waals surface area contributed by atoms with Crippen molar-refractivity contribution in [2.24, 2.45) is 0 Å². The van der Waals surface area contributed by atoms with Gasteiger partial charge in [-0.15, -0.1) is 0 Å². The molecule has 4 nitrogen and oxygen atoms in total. The van der Waals surface area contributed by atoms with Crippen LogP contribution in [0.1, 0.15) is 11.1 Å². The van der Waals surface area contributed by atoms with E-state index in [0.717, 1.165) is 5.56 Å². The molecule has 2 N–H and O–H groups in total. The number of benzene rings is 2. The first kappa shape index (κ1) is 15.9. The summed E-state index contributed by atoms with van der Waals surface area (Å²) in [5.74, 6) is 0.0930. The van der Waals surface area contributed by atoms with Gasteiger partial charge in [-0.1, -0.05) is 60.2 Å². The van der Waals surface area contributed by atoms with Crippen molar-refractivity contribution in [1.29, 1.82) is 0 Å². The fraction of sp³-hybridized carbons (Fsp3) is 0.118. The standard InChI is InChI=1S/C17H16ClNO3/c18-15-9-4-10-16(20)14(15)8-5-11-19-17(21)22-12-13-6-2-1-3-7-13/h1-10,20H,11-12H2,(H,19,21). The average molecular weight is 318 g/mol. The quantitative estimate of drug-likeness (QED) is 0.876. The van der Waals surface area contributed by atoms with Gasteiger partial charge in [-0.25, -0.2) is 4.79 Å². The Hall–Kier alpha value is -2.46. The average Bonchev–Trinajstić information content (AvgIpc) is 2.53. The molecule has 1 amide bonds. The number of nitrogens with one attached hydrogen (secondary N) is 1. The van der Waals surface area contributed by atoms with E-state index in [2.05, 4.69) is 5.32 Å². The molecule has 0 aliphatic rings. The molecule has 0 aliphatic carbocycles. The Balaban J connectivity index is 1.76. The van der Waals surface area contributed by atoms with Crippen molar-refractivity contribution in [3.05, 3.63) is 70.8 Å².